The maximum absolute atomic E-state index is 12.1. The van der Waals surface area contributed by atoms with E-state index in [4.69, 9.17) is 0 Å². The lowest BCUT2D eigenvalue weighted by molar-refractivity contribution is -0.119. The first kappa shape index (κ1) is 12.0. The Labute approximate surface area is 113 Å². The maximum atomic E-state index is 12.1. The lowest BCUT2D eigenvalue weighted by Gasteiger charge is -2.15. The first-order valence-electron chi connectivity index (χ1n) is 5.92. The quantitative estimate of drug-likeness (QED) is 0.892. The maximum Gasteiger partial charge on any atom is 0.231 e. The van der Waals surface area contributed by atoms with Gasteiger partial charge in [0.2, 0.25) is 11.0 Å². The van der Waals surface area contributed by atoms with Crippen LogP contribution in [0.15, 0.2) is 23.8 Å². The molecule has 0 radical (unpaired) electrons. The molecule has 1 atom stereocenters. The van der Waals surface area contributed by atoms with Gasteiger partial charge in [-0.05, 0) is 18.6 Å². The molecular formula is C11H12N6OS. The first-order valence-corrected chi connectivity index (χ1v) is 6.80. The summed E-state index contributed by atoms with van der Waals surface area (Å²) in [5, 5.41) is 18.7. The predicted octanol–water partition coefficient (Wildman–Crippen LogP) is 0.793. The Morgan fingerprint density at radius 2 is 2.37 bits per heavy atom. The second-order valence-corrected chi connectivity index (χ2v) is 5.08. The summed E-state index contributed by atoms with van der Waals surface area (Å²) < 4.78 is 0. The molecule has 19 heavy (non-hydrogen) atoms. The lowest BCUT2D eigenvalue weighted by Crippen LogP contribution is -2.27. The van der Waals surface area contributed by atoms with E-state index in [-0.39, 0.29) is 11.8 Å². The van der Waals surface area contributed by atoms with Crippen LogP contribution < -0.4 is 10.2 Å². The average molecular weight is 276 g/mol. The zero-order chi connectivity index (χ0) is 13.1. The summed E-state index contributed by atoms with van der Waals surface area (Å²) in [5.41, 5.74) is 1.59. The summed E-state index contributed by atoms with van der Waals surface area (Å²) in [7, 11) is 0. The lowest BCUT2D eigenvalue weighted by atomic mass is 10.1. The number of aromatic nitrogens is 4. The fraction of sp³-hybridized carbons (Fsp3) is 0.364. The topological polar surface area (TPSA) is 83.9 Å². The number of hydrogen-bond acceptors (Lipinski definition) is 7. The Hall–Kier alpha value is -2.09. The standard InChI is InChI=1S/C11H12N6OS/c18-10(14-11-16-13-7-19-11)8-3-5-17(6-8)9-2-1-4-12-15-9/h1-2,4,7-8H,3,5-6H2,(H,14,16,18)/t8-/m1/s1. The summed E-state index contributed by atoms with van der Waals surface area (Å²) in [5.74, 6) is 0.753. The van der Waals surface area contributed by atoms with Gasteiger partial charge < -0.3 is 10.2 Å². The highest BCUT2D eigenvalue weighted by Gasteiger charge is 2.29. The summed E-state index contributed by atoms with van der Waals surface area (Å²) in [6, 6.07) is 3.75. The molecule has 1 aliphatic heterocycles. The Morgan fingerprint density at radius 3 is 3.11 bits per heavy atom. The fourth-order valence-corrected chi connectivity index (χ4v) is 2.53. The van der Waals surface area contributed by atoms with E-state index < -0.39 is 0 Å². The van der Waals surface area contributed by atoms with Crippen molar-refractivity contribution in [2.45, 2.75) is 6.42 Å². The molecule has 3 rings (SSSR count). The summed E-state index contributed by atoms with van der Waals surface area (Å²) in [6.07, 6.45) is 2.44. The van der Waals surface area contributed by atoms with Gasteiger partial charge >= 0.3 is 0 Å². The number of amides is 1. The van der Waals surface area contributed by atoms with Crippen molar-refractivity contribution in [1.82, 2.24) is 20.4 Å². The zero-order valence-electron chi connectivity index (χ0n) is 10.1. The molecule has 1 aliphatic rings. The van der Waals surface area contributed by atoms with Crippen molar-refractivity contribution in [2.75, 3.05) is 23.3 Å². The fourth-order valence-electron chi connectivity index (χ4n) is 2.08. The minimum atomic E-state index is -0.0501. The van der Waals surface area contributed by atoms with Crippen LogP contribution in [0.4, 0.5) is 10.9 Å². The van der Waals surface area contributed by atoms with Crippen LogP contribution >= 0.6 is 11.3 Å². The second-order valence-electron chi connectivity index (χ2n) is 4.25. The Kier molecular flexibility index (Phi) is 3.32. The van der Waals surface area contributed by atoms with Crippen LogP contribution in [0.1, 0.15) is 6.42 Å². The van der Waals surface area contributed by atoms with E-state index in [9.17, 15) is 4.79 Å². The van der Waals surface area contributed by atoms with Gasteiger partial charge in [-0.1, -0.05) is 11.3 Å². The smallest absolute Gasteiger partial charge is 0.231 e. The van der Waals surface area contributed by atoms with Gasteiger partial charge in [0.15, 0.2) is 5.82 Å². The largest absolute Gasteiger partial charge is 0.354 e. The molecular weight excluding hydrogens is 264 g/mol. The molecule has 1 N–H and O–H groups in total. The molecule has 0 bridgehead atoms. The van der Waals surface area contributed by atoms with Gasteiger partial charge in [0, 0.05) is 19.3 Å². The molecule has 0 saturated carbocycles. The third kappa shape index (κ3) is 2.68. The molecule has 0 aliphatic carbocycles. The Bertz CT molecular complexity index is 546. The highest BCUT2D eigenvalue weighted by atomic mass is 32.1. The van der Waals surface area contributed by atoms with Crippen LogP contribution in [0, 0.1) is 5.92 Å². The minimum absolute atomic E-state index is 0.0110. The number of carbonyl (C=O) groups is 1. The molecule has 3 heterocycles. The molecule has 2 aromatic rings. The van der Waals surface area contributed by atoms with Crippen LogP contribution in [0.3, 0.4) is 0 Å². The third-order valence-corrected chi connectivity index (χ3v) is 3.64. The van der Waals surface area contributed by atoms with E-state index in [1.165, 1.54) is 11.3 Å². The number of anilines is 2. The van der Waals surface area contributed by atoms with Gasteiger partial charge in [-0.15, -0.1) is 15.3 Å². The monoisotopic (exact) mass is 276 g/mol. The number of nitrogens with zero attached hydrogens (tertiary/aromatic N) is 5. The molecule has 1 saturated heterocycles. The number of rotatable bonds is 3. The van der Waals surface area contributed by atoms with E-state index >= 15 is 0 Å². The van der Waals surface area contributed by atoms with Crippen molar-refractivity contribution in [3.63, 3.8) is 0 Å². The van der Waals surface area contributed by atoms with Crippen molar-refractivity contribution in [3.05, 3.63) is 23.8 Å². The molecule has 7 nitrogen and oxygen atoms in total. The highest BCUT2D eigenvalue weighted by Crippen LogP contribution is 2.22. The van der Waals surface area contributed by atoms with E-state index in [1.54, 1.807) is 11.7 Å². The zero-order valence-corrected chi connectivity index (χ0v) is 10.9. The third-order valence-electron chi connectivity index (χ3n) is 3.03. The van der Waals surface area contributed by atoms with E-state index in [0.29, 0.717) is 11.7 Å². The minimum Gasteiger partial charge on any atom is -0.354 e. The number of hydrogen-bond donors (Lipinski definition) is 1. The first-order chi connectivity index (χ1) is 9.33. The summed E-state index contributed by atoms with van der Waals surface area (Å²) in [6.45, 7) is 1.47. The number of carbonyl (C=O) groups excluding carboxylic acids is 1. The van der Waals surface area contributed by atoms with Crippen LogP contribution in [0.2, 0.25) is 0 Å². The highest BCUT2D eigenvalue weighted by molar-refractivity contribution is 7.13. The van der Waals surface area contributed by atoms with Crippen LogP contribution in [-0.2, 0) is 4.79 Å². The second kappa shape index (κ2) is 5.27. The van der Waals surface area contributed by atoms with E-state index in [2.05, 4.69) is 30.6 Å². The normalized spacial score (nSPS) is 18.5. The van der Waals surface area contributed by atoms with Gasteiger partial charge in [0.1, 0.15) is 5.51 Å². The molecule has 0 unspecified atom stereocenters. The van der Waals surface area contributed by atoms with Crippen molar-refractivity contribution in [1.29, 1.82) is 0 Å². The summed E-state index contributed by atoms with van der Waals surface area (Å²) in [4.78, 5) is 14.1. The van der Waals surface area contributed by atoms with Gasteiger partial charge in [-0.3, -0.25) is 4.79 Å². The van der Waals surface area contributed by atoms with E-state index in [0.717, 1.165) is 18.8 Å². The Morgan fingerprint density at radius 1 is 1.42 bits per heavy atom. The van der Waals surface area contributed by atoms with Crippen LogP contribution in [0.25, 0.3) is 0 Å². The van der Waals surface area contributed by atoms with Crippen LogP contribution in [0.5, 0.6) is 0 Å². The Balaban J connectivity index is 1.61. The van der Waals surface area contributed by atoms with Gasteiger partial charge in [0.25, 0.3) is 0 Å². The molecule has 1 fully saturated rings. The van der Waals surface area contributed by atoms with Gasteiger partial charge in [-0.2, -0.15) is 5.10 Å². The molecule has 98 valence electrons. The SMILES string of the molecule is O=C(Nc1nncs1)[C@@H]1CCN(c2cccnn2)C1. The van der Waals surface area contributed by atoms with Crippen molar-refractivity contribution in [3.8, 4) is 0 Å². The van der Waals surface area contributed by atoms with Crippen molar-refractivity contribution in [2.24, 2.45) is 5.92 Å². The molecule has 0 aromatic carbocycles. The van der Waals surface area contributed by atoms with Gasteiger partial charge in [0.05, 0.1) is 5.92 Å². The average Bonchev–Trinajstić information content (AvgIpc) is 3.10. The van der Waals surface area contributed by atoms with Crippen molar-refractivity contribution < 1.29 is 4.79 Å². The van der Waals surface area contributed by atoms with E-state index in [1.807, 2.05) is 12.1 Å². The van der Waals surface area contributed by atoms with Crippen LogP contribution in [-0.4, -0.2) is 39.4 Å². The molecule has 2 aromatic heterocycles. The summed E-state index contributed by atoms with van der Waals surface area (Å²) >= 11 is 1.32. The van der Waals surface area contributed by atoms with Gasteiger partial charge in [-0.25, -0.2) is 0 Å². The molecule has 8 heteroatoms. The number of nitrogens with one attached hydrogen (secondary N) is 1. The molecule has 1 amide bonds. The van der Waals surface area contributed by atoms with Crippen molar-refractivity contribution >= 4 is 28.2 Å². The predicted molar refractivity (Wildman–Crippen MR) is 70.9 cm³/mol. The molecule has 0 spiro atoms.